The van der Waals surface area contributed by atoms with Gasteiger partial charge in [0, 0.05) is 23.7 Å². The van der Waals surface area contributed by atoms with E-state index in [2.05, 4.69) is 17.4 Å². The fourth-order valence-corrected chi connectivity index (χ4v) is 2.22. The van der Waals surface area contributed by atoms with Gasteiger partial charge in [-0.05, 0) is 19.2 Å². The fourth-order valence-electron chi connectivity index (χ4n) is 1.43. The van der Waals surface area contributed by atoms with Gasteiger partial charge in [-0.15, -0.1) is 11.8 Å². The zero-order valence-electron chi connectivity index (χ0n) is 10.6. The van der Waals surface area contributed by atoms with Crippen molar-refractivity contribution < 1.29 is 9.90 Å². The molecule has 0 unspecified atom stereocenters. The highest BCUT2D eigenvalue weighted by molar-refractivity contribution is 7.99. The molecule has 1 aromatic carbocycles. The van der Waals surface area contributed by atoms with Gasteiger partial charge < -0.3 is 10.4 Å². The molecule has 0 aromatic heterocycles. The van der Waals surface area contributed by atoms with Crippen LogP contribution in [0, 0.1) is 0 Å². The van der Waals surface area contributed by atoms with Crippen molar-refractivity contribution in [1.29, 1.82) is 0 Å². The fraction of sp³-hybridized carbons (Fsp3) is 0.462. The summed E-state index contributed by atoms with van der Waals surface area (Å²) < 4.78 is 0. The summed E-state index contributed by atoms with van der Waals surface area (Å²) in [4.78, 5) is 14.5. The van der Waals surface area contributed by atoms with Crippen LogP contribution in [0.2, 0.25) is 0 Å². The number of carbonyl (C=O) groups excluding carboxylic acids is 1. The van der Waals surface area contributed by atoms with Crippen LogP contribution in [-0.2, 0) is 4.79 Å². The Kier molecular flexibility index (Phi) is 7.48. The van der Waals surface area contributed by atoms with Crippen molar-refractivity contribution in [2.45, 2.75) is 4.90 Å². The number of nitrogens with zero attached hydrogens (tertiary/aromatic N) is 1. The van der Waals surface area contributed by atoms with Gasteiger partial charge in [-0.25, -0.2) is 0 Å². The number of amides is 1. The minimum atomic E-state index is -0.000360. The highest BCUT2D eigenvalue weighted by Gasteiger charge is 2.04. The summed E-state index contributed by atoms with van der Waals surface area (Å²) in [7, 11) is 1.81. The molecule has 0 aliphatic rings. The van der Waals surface area contributed by atoms with Gasteiger partial charge in [-0.3, -0.25) is 9.69 Å². The molecule has 4 nitrogen and oxygen atoms in total. The molecule has 18 heavy (non-hydrogen) atoms. The minimum Gasteiger partial charge on any atom is -0.395 e. The zero-order chi connectivity index (χ0) is 13.2. The Labute approximate surface area is 112 Å². The van der Waals surface area contributed by atoms with Crippen LogP contribution in [0.3, 0.4) is 0 Å². The third-order valence-electron chi connectivity index (χ3n) is 2.33. The second kappa shape index (κ2) is 8.97. The number of benzene rings is 1. The van der Waals surface area contributed by atoms with E-state index in [0.29, 0.717) is 19.6 Å². The number of nitrogens with one attached hydrogen (secondary N) is 1. The molecule has 0 saturated carbocycles. The molecule has 0 fully saturated rings. The van der Waals surface area contributed by atoms with Crippen molar-refractivity contribution in [3.05, 3.63) is 30.3 Å². The summed E-state index contributed by atoms with van der Waals surface area (Å²) >= 11 is 1.72. The van der Waals surface area contributed by atoms with E-state index >= 15 is 0 Å². The number of carbonyl (C=O) groups is 1. The molecule has 2 N–H and O–H groups in total. The Morgan fingerprint density at radius 3 is 2.78 bits per heavy atom. The Morgan fingerprint density at radius 2 is 2.11 bits per heavy atom. The van der Waals surface area contributed by atoms with Crippen molar-refractivity contribution in [3.8, 4) is 0 Å². The van der Waals surface area contributed by atoms with E-state index in [-0.39, 0.29) is 12.5 Å². The standard InChI is InChI=1S/C13H20N2O2S/c1-15(8-9-16)11-13(17)14-7-10-18-12-5-3-2-4-6-12/h2-6,16H,7-11H2,1H3,(H,14,17). The van der Waals surface area contributed by atoms with Crippen molar-refractivity contribution >= 4 is 17.7 Å². The monoisotopic (exact) mass is 268 g/mol. The highest BCUT2D eigenvalue weighted by atomic mass is 32.2. The van der Waals surface area contributed by atoms with Crippen LogP contribution in [0.5, 0.6) is 0 Å². The van der Waals surface area contributed by atoms with Crippen LogP contribution >= 0.6 is 11.8 Å². The number of rotatable bonds is 8. The first kappa shape index (κ1) is 15.0. The van der Waals surface area contributed by atoms with Crippen LogP contribution in [0.4, 0.5) is 0 Å². The molecular formula is C13H20N2O2S. The molecule has 1 rings (SSSR count). The summed E-state index contributed by atoms with van der Waals surface area (Å²) in [5.41, 5.74) is 0. The van der Waals surface area contributed by atoms with Gasteiger partial charge in [-0.2, -0.15) is 0 Å². The van der Waals surface area contributed by atoms with E-state index < -0.39 is 0 Å². The predicted molar refractivity (Wildman–Crippen MR) is 74.8 cm³/mol. The average Bonchev–Trinajstić information content (AvgIpc) is 2.36. The Hall–Kier alpha value is -1.04. The summed E-state index contributed by atoms with van der Waals surface area (Å²) in [6, 6.07) is 10.1. The van der Waals surface area contributed by atoms with Gasteiger partial charge in [-0.1, -0.05) is 18.2 Å². The first-order valence-corrected chi connectivity index (χ1v) is 6.95. The van der Waals surface area contributed by atoms with E-state index in [1.807, 2.05) is 25.2 Å². The second-order valence-electron chi connectivity index (χ2n) is 3.97. The van der Waals surface area contributed by atoms with Gasteiger partial charge in [0.25, 0.3) is 0 Å². The maximum absolute atomic E-state index is 11.5. The first-order chi connectivity index (χ1) is 8.72. The number of aliphatic hydroxyl groups is 1. The van der Waals surface area contributed by atoms with E-state index in [9.17, 15) is 4.79 Å². The lowest BCUT2D eigenvalue weighted by atomic mass is 10.4. The predicted octanol–water partition coefficient (Wildman–Crippen LogP) is 0.819. The van der Waals surface area contributed by atoms with Gasteiger partial charge >= 0.3 is 0 Å². The van der Waals surface area contributed by atoms with Crippen molar-refractivity contribution in [2.75, 3.05) is 39.0 Å². The van der Waals surface area contributed by atoms with Crippen LogP contribution in [0.1, 0.15) is 0 Å². The van der Waals surface area contributed by atoms with Crippen LogP contribution in [0.25, 0.3) is 0 Å². The number of aliphatic hydroxyl groups excluding tert-OH is 1. The van der Waals surface area contributed by atoms with Gasteiger partial charge in [0.1, 0.15) is 0 Å². The molecule has 0 aliphatic heterocycles. The highest BCUT2D eigenvalue weighted by Crippen LogP contribution is 2.15. The molecule has 0 spiro atoms. The number of hydrogen-bond donors (Lipinski definition) is 2. The molecule has 1 aromatic rings. The third kappa shape index (κ3) is 6.64. The normalized spacial score (nSPS) is 10.6. The van der Waals surface area contributed by atoms with Crippen LogP contribution in [0.15, 0.2) is 35.2 Å². The molecule has 0 radical (unpaired) electrons. The molecule has 5 heteroatoms. The smallest absolute Gasteiger partial charge is 0.234 e. The number of hydrogen-bond acceptors (Lipinski definition) is 4. The Balaban J connectivity index is 2.09. The average molecular weight is 268 g/mol. The maximum atomic E-state index is 11.5. The summed E-state index contributed by atoms with van der Waals surface area (Å²) in [6.45, 7) is 1.59. The van der Waals surface area contributed by atoms with Crippen LogP contribution < -0.4 is 5.32 Å². The third-order valence-corrected chi connectivity index (χ3v) is 3.35. The lowest BCUT2D eigenvalue weighted by Crippen LogP contribution is -2.37. The van der Waals surface area contributed by atoms with E-state index in [4.69, 9.17) is 5.11 Å². The first-order valence-electron chi connectivity index (χ1n) is 5.96. The van der Waals surface area contributed by atoms with Gasteiger partial charge in [0.05, 0.1) is 13.2 Å². The molecular weight excluding hydrogens is 248 g/mol. The maximum Gasteiger partial charge on any atom is 0.234 e. The molecule has 0 saturated heterocycles. The SMILES string of the molecule is CN(CCO)CC(=O)NCCSc1ccccc1. The topological polar surface area (TPSA) is 52.6 Å². The number of likely N-dealkylation sites (N-methyl/N-ethyl adjacent to an activating group) is 1. The molecule has 0 heterocycles. The Bertz CT molecular complexity index is 346. The summed E-state index contributed by atoms with van der Waals surface area (Å²) in [5.74, 6) is 0.860. The Morgan fingerprint density at radius 1 is 1.39 bits per heavy atom. The van der Waals surface area contributed by atoms with E-state index in [1.54, 1.807) is 16.7 Å². The molecule has 0 bridgehead atoms. The lowest BCUT2D eigenvalue weighted by molar-refractivity contribution is -0.121. The molecule has 0 atom stereocenters. The molecule has 0 aliphatic carbocycles. The number of thioether (sulfide) groups is 1. The minimum absolute atomic E-state index is 0.000360. The van der Waals surface area contributed by atoms with E-state index in [1.165, 1.54) is 4.90 Å². The molecule has 100 valence electrons. The quantitative estimate of drug-likeness (QED) is 0.541. The largest absolute Gasteiger partial charge is 0.395 e. The summed E-state index contributed by atoms with van der Waals surface area (Å²) in [5, 5.41) is 11.6. The second-order valence-corrected chi connectivity index (χ2v) is 5.14. The zero-order valence-corrected chi connectivity index (χ0v) is 11.4. The van der Waals surface area contributed by atoms with E-state index in [0.717, 1.165) is 5.75 Å². The van der Waals surface area contributed by atoms with Crippen molar-refractivity contribution in [1.82, 2.24) is 10.2 Å². The lowest BCUT2D eigenvalue weighted by Gasteiger charge is -2.14. The molecule has 1 amide bonds. The van der Waals surface area contributed by atoms with Crippen molar-refractivity contribution in [3.63, 3.8) is 0 Å². The van der Waals surface area contributed by atoms with Crippen molar-refractivity contribution in [2.24, 2.45) is 0 Å². The van der Waals surface area contributed by atoms with Gasteiger partial charge in [0.15, 0.2) is 0 Å². The van der Waals surface area contributed by atoms with Gasteiger partial charge in [0.2, 0.25) is 5.91 Å². The summed E-state index contributed by atoms with van der Waals surface area (Å²) in [6.07, 6.45) is 0. The van der Waals surface area contributed by atoms with Crippen LogP contribution in [-0.4, -0.2) is 55.0 Å².